The molecule has 0 aliphatic heterocycles. The normalized spacial score (nSPS) is 12.0. The molecular formula is C15H15ClF5N3O. The van der Waals surface area contributed by atoms with Crippen LogP contribution in [0.3, 0.4) is 0 Å². The zero-order valence-corrected chi connectivity index (χ0v) is 13.9. The average molecular weight is 384 g/mol. The molecule has 2 aromatic heterocycles. The first-order valence-electron chi connectivity index (χ1n) is 7.43. The second kappa shape index (κ2) is 7.99. The van der Waals surface area contributed by atoms with E-state index in [2.05, 4.69) is 14.8 Å². The highest BCUT2D eigenvalue weighted by molar-refractivity contribution is 6.33. The van der Waals surface area contributed by atoms with Crippen LogP contribution in [0.4, 0.5) is 22.0 Å². The topological polar surface area (TPSA) is 39.9 Å². The highest BCUT2D eigenvalue weighted by atomic mass is 35.5. The Kier molecular flexibility index (Phi) is 6.21. The lowest BCUT2D eigenvalue weighted by Crippen LogP contribution is -2.09. The van der Waals surface area contributed by atoms with Crippen LogP contribution in [-0.4, -0.2) is 27.6 Å². The zero-order chi connectivity index (χ0) is 18.6. The third-order valence-corrected chi connectivity index (χ3v) is 3.66. The summed E-state index contributed by atoms with van der Waals surface area (Å²) >= 11 is 6.06. The lowest BCUT2D eigenvalue weighted by atomic mass is 10.1. The summed E-state index contributed by atoms with van der Waals surface area (Å²) in [5, 5.41) is 4.25. The second-order valence-corrected chi connectivity index (χ2v) is 5.58. The van der Waals surface area contributed by atoms with Crippen molar-refractivity contribution in [2.24, 2.45) is 0 Å². The summed E-state index contributed by atoms with van der Waals surface area (Å²) in [6.07, 6.45) is -2.84. The first-order chi connectivity index (χ1) is 11.7. The van der Waals surface area contributed by atoms with E-state index in [0.717, 1.165) is 0 Å². The van der Waals surface area contributed by atoms with E-state index in [0.29, 0.717) is 12.2 Å². The van der Waals surface area contributed by atoms with Crippen molar-refractivity contribution in [2.45, 2.75) is 45.5 Å². The number of pyridine rings is 1. The summed E-state index contributed by atoms with van der Waals surface area (Å²) in [5.41, 5.74) is 0.778. The molecule has 0 amide bonds. The molecule has 0 unspecified atom stereocenters. The van der Waals surface area contributed by atoms with Gasteiger partial charge in [0.15, 0.2) is 0 Å². The van der Waals surface area contributed by atoms with Crippen LogP contribution >= 0.6 is 11.6 Å². The Balaban J connectivity index is 2.32. The molecule has 0 saturated heterocycles. The number of nitrogens with zero attached hydrogens (tertiary/aromatic N) is 3. The number of hydrogen-bond donors (Lipinski definition) is 0. The largest absolute Gasteiger partial charge is 0.434 e. The molecule has 0 spiro atoms. The van der Waals surface area contributed by atoms with Crippen molar-refractivity contribution in [2.75, 3.05) is 0 Å². The lowest BCUT2D eigenvalue weighted by Gasteiger charge is -2.14. The van der Waals surface area contributed by atoms with Crippen LogP contribution in [0, 0.1) is 0 Å². The van der Waals surface area contributed by atoms with Crippen LogP contribution in [0.25, 0.3) is 11.3 Å². The number of rotatable bonds is 7. The fourth-order valence-corrected chi connectivity index (χ4v) is 2.57. The van der Waals surface area contributed by atoms with E-state index in [4.69, 9.17) is 11.6 Å². The Morgan fingerprint density at radius 1 is 1.28 bits per heavy atom. The van der Waals surface area contributed by atoms with Gasteiger partial charge in [-0.15, -0.1) is 0 Å². The van der Waals surface area contributed by atoms with Gasteiger partial charge in [0, 0.05) is 30.9 Å². The number of alkyl halides is 5. The standard InChI is InChI=1S/C15H15ClF5N3O/c1-2-24-13(11(16)8-23-24)10-7-22-9(4-3-5-15(19,20)21)6-12(10)25-14(17)18/h6-8,14H,2-5H2,1H3. The van der Waals surface area contributed by atoms with Crippen LogP contribution in [0.2, 0.25) is 5.02 Å². The maximum absolute atomic E-state index is 12.7. The number of hydrogen-bond acceptors (Lipinski definition) is 3. The summed E-state index contributed by atoms with van der Waals surface area (Å²) in [7, 11) is 0. The Labute approximate surface area is 145 Å². The number of aryl methyl sites for hydroxylation is 2. The predicted octanol–water partition coefficient (Wildman–Crippen LogP) is 5.10. The van der Waals surface area contributed by atoms with Crippen molar-refractivity contribution < 1.29 is 26.7 Å². The number of aromatic nitrogens is 3. The maximum atomic E-state index is 12.7. The summed E-state index contributed by atoms with van der Waals surface area (Å²) in [6.45, 7) is -0.871. The molecule has 4 nitrogen and oxygen atoms in total. The van der Waals surface area contributed by atoms with Gasteiger partial charge in [0.05, 0.1) is 22.5 Å². The molecule has 0 bridgehead atoms. The maximum Gasteiger partial charge on any atom is 0.389 e. The van der Waals surface area contributed by atoms with Crippen LogP contribution in [0.15, 0.2) is 18.5 Å². The van der Waals surface area contributed by atoms with E-state index < -0.39 is 19.2 Å². The molecule has 25 heavy (non-hydrogen) atoms. The van der Waals surface area contributed by atoms with Crippen LogP contribution in [0.5, 0.6) is 5.75 Å². The van der Waals surface area contributed by atoms with E-state index in [1.807, 2.05) is 0 Å². The smallest absolute Gasteiger partial charge is 0.389 e. The van der Waals surface area contributed by atoms with E-state index >= 15 is 0 Å². The van der Waals surface area contributed by atoms with Crippen molar-refractivity contribution in [3.63, 3.8) is 0 Å². The van der Waals surface area contributed by atoms with Crippen LogP contribution in [0.1, 0.15) is 25.5 Å². The monoisotopic (exact) mass is 383 g/mol. The molecule has 2 rings (SSSR count). The van der Waals surface area contributed by atoms with Gasteiger partial charge in [-0.05, 0) is 19.8 Å². The van der Waals surface area contributed by atoms with Gasteiger partial charge in [-0.3, -0.25) is 9.67 Å². The molecule has 0 N–H and O–H groups in total. The SMILES string of the molecule is CCn1ncc(Cl)c1-c1cnc(CCCC(F)(F)F)cc1OC(F)F. The van der Waals surface area contributed by atoms with Crippen molar-refractivity contribution in [1.82, 2.24) is 14.8 Å². The third kappa shape index (κ3) is 5.29. The van der Waals surface area contributed by atoms with Crippen molar-refractivity contribution in [3.8, 4) is 17.0 Å². The van der Waals surface area contributed by atoms with Gasteiger partial charge >= 0.3 is 12.8 Å². The summed E-state index contributed by atoms with van der Waals surface area (Å²) in [6, 6.07) is 1.21. The molecule has 0 radical (unpaired) electrons. The van der Waals surface area contributed by atoms with Gasteiger partial charge < -0.3 is 4.74 Å². The highest BCUT2D eigenvalue weighted by Gasteiger charge is 2.26. The van der Waals surface area contributed by atoms with E-state index in [-0.39, 0.29) is 34.9 Å². The Hall–Kier alpha value is -1.90. The third-order valence-electron chi connectivity index (χ3n) is 3.38. The minimum Gasteiger partial charge on any atom is -0.434 e. The van der Waals surface area contributed by atoms with Gasteiger partial charge in [0.25, 0.3) is 0 Å². The summed E-state index contributed by atoms with van der Waals surface area (Å²) < 4.78 is 68.1. The van der Waals surface area contributed by atoms with Crippen LogP contribution < -0.4 is 4.74 Å². The van der Waals surface area contributed by atoms with Gasteiger partial charge in [-0.25, -0.2) is 0 Å². The van der Waals surface area contributed by atoms with E-state index in [9.17, 15) is 22.0 Å². The lowest BCUT2D eigenvalue weighted by molar-refractivity contribution is -0.135. The second-order valence-electron chi connectivity index (χ2n) is 5.18. The molecule has 0 saturated carbocycles. The molecule has 0 aromatic carbocycles. The number of ether oxygens (including phenoxy) is 1. The zero-order valence-electron chi connectivity index (χ0n) is 13.2. The molecule has 2 aromatic rings. The van der Waals surface area contributed by atoms with Gasteiger partial charge in [0.1, 0.15) is 5.75 Å². The summed E-state index contributed by atoms with van der Waals surface area (Å²) in [5.74, 6) is -0.205. The molecule has 10 heteroatoms. The first-order valence-corrected chi connectivity index (χ1v) is 7.81. The van der Waals surface area contributed by atoms with Gasteiger partial charge in [0.2, 0.25) is 0 Å². The fraction of sp³-hybridized carbons (Fsp3) is 0.467. The van der Waals surface area contributed by atoms with Crippen molar-refractivity contribution in [3.05, 3.63) is 29.2 Å². The predicted molar refractivity (Wildman–Crippen MR) is 81.8 cm³/mol. The van der Waals surface area contributed by atoms with Crippen LogP contribution in [-0.2, 0) is 13.0 Å². The molecule has 0 aliphatic rings. The van der Waals surface area contributed by atoms with E-state index in [1.54, 1.807) is 6.92 Å². The average Bonchev–Trinajstić information content (AvgIpc) is 2.86. The quantitative estimate of drug-likeness (QED) is 0.624. The Morgan fingerprint density at radius 3 is 2.60 bits per heavy atom. The molecule has 138 valence electrons. The van der Waals surface area contributed by atoms with Gasteiger partial charge in [-0.2, -0.15) is 27.1 Å². The van der Waals surface area contributed by atoms with Gasteiger partial charge in [-0.1, -0.05) is 11.6 Å². The molecule has 0 fully saturated rings. The fourth-order valence-electron chi connectivity index (χ4n) is 2.33. The minimum absolute atomic E-state index is 0.0137. The Morgan fingerprint density at radius 2 is 2.00 bits per heavy atom. The molecular weight excluding hydrogens is 369 g/mol. The van der Waals surface area contributed by atoms with Crippen molar-refractivity contribution in [1.29, 1.82) is 0 Å². The minimum atomic E-state index is -4.27. The van der Waals surface area contributed by atoms with Crippen molar-refractivity contribution >= 4 is 11.6 Å². The molecule has 2 heterocycles. The highest BCUT2D eigenvalue weighted by Crippen LogP contribution is 2.36. The van der Waals surface area contributed by atoms with E-state index in [1.165, 1.54) is 23.1 Å². The molecule has 0 aliphatic carbocycles. The first kappa shape index (κ1) is 19.4. The molecule has 0 atom stereocenters. The summed E-state index contributed by atoms with van der Waals surface area (Å²) in [4.78, 5) is 4.05. The Bertz CT molecular complexity index is 718. The number of halogens is 6.